The zero-order valence-electron chi connectivity index (χ0n) is 10.3. The fourth-order valence-corrected chi connectivity index (χ4v) is 3.08. The molecule has 0 radical (unpaired) electrons. The Balaban J connectivity index is 2.15. The summed E-state index contributed by atoms with van der Waals surface area (Å²) >= 11 is 6.06. The number of aromatic nitrogens is 2. The molecule has 96 valence electrons. The summed E-state index contributed by atoms with van der Waals surface area (Å²) < 4.78 is 7.62. The Morgan fingerprint density at radius 1 is 1.44 bits per heavy atom. The summed E-state index contributed by atoms with van der Waals surface area (Å²) in [4.78, 5) is 4.39. The van der Waals surface area contributed by atoms with Gasteiger partial charge in [0.25, 0.3) is 0 Å². The molecule has 1 aromatic heterocycles. The quantitative estimate of drug-likeness (QED) is 0.908. The van der Waals surface area contributed by atoms with Crippen LogP contribution in [-0.2, 0) is 4.74 Å². The second-order valence-electron chi connectivity index (χ2n) is 4.75. The highest BCUT2D eigenvalue weighted by Gasteiger charge is 2.31. The van der Waals surface area contributed by atoms with Crippen molar-refractivity contribution in [2.75, 3.05) is 12.8 Å². The van der Waals surface area contributed by atoms with Gasteiger partial charge >= 0.3 is 0 Å². The van der Waals surface area contributed by atoms with Crippen LogP contribution in [0.2, 0.25) is 5.02 Å². The first-order chi connectivity index (χ1) is 8.70. The molecule has 1 fully saturated rings. The molecule has 1 heterocycles. The lowest BCUT2D eigenvalue weighted by Gasteiger charge is -2.21. The van der Waals surface area contributed by atoms with Crippen LogP contribution in [0.15, 0.2) is 18.2 Å². The normalized spacial score (nSPS) is 23.9. The van der Waals surface area contributed by atoms with Crippen molar-refractivity contribution in [3.8, 4) is 0 Å². The average Bonchev–Trinajstić information content (AvgIpc) is 2.91. The van der Waals surface area contributed by atoms with Crippen molar-refractivity contribution < 1.29 is 4.74 Å². The molecule has 5 heteroatoms. The highest BCUT2D eigenvalue weighted by atomic mass is 35.5. The number of hydrogen-bond donors (Lipinski definition) is 1. The van der Waals surface area contributed by atoms with Gasteiger partial charge in [-0.15, -0.1) is 0 Å². The van der Waals surface area contributed by atoms with E-state index in [9.17, 15) is 0 Å². The van der Waals surface area contributed by atoms with Crippen LogP contribution >= 0.6 is 11.6 Å². The van der Waals surface area contributed by atoms with Crippen LogP contribution in [-0.4, -0.2) is 22.8 Å². The minimum atomic E-state index is 0.212. The zero-order valence-corrected chi connectivity index (χ0v) is 11.0. The van der Waals surface area contributed by atoms with Gasteiger partial charge in [-0.05, 0) is 37.5 Å². The zero-order chi connectivity index (χ0) is 12.7. The van der Waals surface area contributed by atoms with E-state index < -0.39 is 0 Å². The molecule has 1 aromatic carbocycles. The molecular formula is C13H16ClN3O. The summed E-state index contributed by atoms with van der Waals surface area (Å²) in [5, 5.41) is 0.704. The topological polar surface area (TPSA) is 53.1 Å². The summed E-state index contributed by atoms with van der Waals surface area (Å²) in [6.07, 6.45) is 3.51. The van der Waals surface area contributed by atoms with Crippen LogP contribution in [0, 0.1) is 0 Å². The van der Waals surface area contributed by atoms with Gasteiger partial charge in [0.2, 0.25) is 5.95 Å². The maximum absolute atomic E-state index is 6.06. The second-order valence-corrected chi connectivity index (χ2v) is 5.18. The molecule has 3 rings (SSSR count). The molecule has 1 aliphatic rings. The Labute approximate surface area is 111 Å². The molecule has 0 aliphatic heterocycles. The number of benzene rings is 1. The minimum Gasteiger partial charge on any atom is -0.379 e. The fraction of sp³-hybridized carbons (Fsp3) is 0.462. The first-order valence-corrected chi connectivity index (χ1v) is 6.54. The lowest BCUT2D eigenvalue weighted by molar-refractivity contribution is 0.0768. The van der Waals surface area contributed by atoms with Crippen molar-refractivity contribution in [2.24, 2.45) is 0 Å². The van der Waals surface area contributed by atoms with Gasteiger partial charge in [-0.2, -0.15) is 0 Å². The summed E-state index contributed by atoms with van der Waals surface area (Å²) in [7, 11) is 1.76. The number of imidazole rings is 1. The van der Waals surface area contributed by atoms with Crippen LogP contribution in [0.5, 0.6) is 0 Å². The van der Waals surface area contributed by atoms with Crippen LogP contribution in [0.25, 0.3) is 11.0 Å². The van der Waals surface area contributed by atoms with Crippen molar-refractivity contribution in [2.45, 2.75) is 31.4 Å². The largest absolute Gasteiger partial charge is 0.379 e. The third-order valence-corrected chi connectivity index (χ3v) is 3.97. The first-order valence-electron chi connectivity index (χ1n) is 6.16. The number of nitrogens with zero attached hydrogens (tertiary/aromatic N) is 2. The van der Waals surface area contributed by atoms with E-state index in [0.717, 1.165) is 30.3 Å². The minimum absolute atomic E-state index is 0.212. The number of ether oxygens (including phenoxy) is 1. The number of anilines is 1. The number of nitrogen functional groups attached to an aromatic ring is 1. The van der Waals surface area contributed by atoms with Gasteiger partial charge in [0, 0.05) is 12.1 Å². The van der Waals surface area contributed by atoms with Crippen molar-refractivity contribution in [3.05, 3.63) is 23.2 Å². The van der Waals surface area contributed by atoms with Crippen molar-refractivity contribution >= 4 is 28.6 Å². The van der Waals surface area contributed by atoms with E-state index >= 15 is 0 Å². The summed E-state index contributed by atoms with van der Waals surface area (Å²) in [6.45, 7) is 0. The molecule has 0 bridgehead atoms. The lowest BCUT2D eigenvalue weighted by Crippen LogP contribution is -2.21. The molecule has 2 unspecified atom stereocenters. The van der Waals surface area contributed by atoms with Gasteiger partial charge in [0.15, 0.2) is 0 Å². The SMILES string of the molecule is COC1CCCC1n1c(N)nc2ccc(Cl)cc21. The highest BCUT2D eigenvalue weighted by molar-refractivity contribution is 6.31. The van der Waals surface area contributed by atoms with Gasteiger partial charge in [-0.3, -0.25) is 0 Å². The highest BCUT2D eigenvalue weighted by Crippen LogP contribution is 2.36. The molecule has 4 nitrogen and oxygen atoms in total. The van der Waals surface area contributed by atoms with Gasteiger partial charge in [0.05, 0.1) is 23.2 Å². The molecule has 2 atom stereocenters. The van der Waals surface area contributed by atoms with Gasteiger partial charge in [-0.1, -0.05) is 11.6 Å². The molecule has 0 spiro atoms. The Kier molecular flexibility index (Phi) is 2.92. The Morgan fingerprint density at radius 3 is 3.06 bits per heavy atom. The van der Waals surface area contributed by atoms with Gasteiger partial charge < -0.3 is 15.0 Å². The molecule has 2 N–H and O–H groups in total. The van der Waals surface area contributed by atoms with E-state index in [1.54, 1.807) is 7.11 Å². The Bertz CT molecular complexity index is 581. The molecule has 1 saturated carbocycles. The molecule has 18 heavy (non-hydrogen) atoms. The Hall–Kier alpha value is -1.26. The molecule has 0 saturated heterocycles. The number of halogens is 1. The van der Waals surface area contributed by atoms with Crippen LogP contribution in [0.1, 0.15) is 25.3 Å². The molecular weight excluding hydrogens is 250 g/mol. The van der Waals surface area contributed by atoms with Crippen molar-refractivity contribution in [3.63, 3.8) is 0 Å². The maximum atomic E-state index is 6.06. The van der Waals surface area contributed by atoms with E-state index in [0.29, 0.717) is 11.0 Å². The third-order valence-electron chi connectivity index (χ3n) is 3.73. The molecule has 2 aromatic rings. The monoisotopic (exact) mass is 265 g/mol. The number of nitrogens with two attached hydrogens (primary N) is 1. The van der Waals surface area contributed by atoms with Crippen LogP contribution in [0.4, 0.5) is 5.95 Å². The number of rotatable bonds is 2. The van der Waals surface area contributed by atoms with E-state index in [1.165, 1.54) is 0 Å². The number of methoxy groups -OCH3 is 1. The predicted molar refractivity (Wildman–Crippen MR) is 72.8 cm³/mol. The maximum Gasteiger partial charge on any atom is 0.201 e. The van der Waals surface area contributed by atoms with Crippen molar-refractivity contribution in [1.82, 2.24) is 9.55 Å². The lowest BCUT2D eigenvalue weighted by atomic mass is 10.2. The first kappa shape index (κ1) is 11.8. The number of hydrogen-bond acceptors (Lipinski definition) is 3. The standard InChI is InChI=1S/C13H16ClN3O/c1-18-12-4-2-3-10(12)17-11-7-8(14)5-6-9(11)16-13(17)15/h5-7,10,12H,2-4H2,1H3,(H2,15,16). The summed E-state index contributed by atoms with van der Waals surface area (Å²) in [5.41, 5.74) is 7.94. The van der Waals surface area contributed by atoms with Crippen molar-refractivity contribution in [1.29, 1.82) is 0 Å². The van der Waals surface area contributed by atoms with E-state index in [2.05, 4.69) is 9.55 Å². The average molecular weight is 266 g/mol. The van der Waals surface area contributed by atoms with Gasteiger partial charge in [-0.25, -0.2) is 4.98 Å². The number of fused-ring (bicyclic) bond motifs is 1. The van der Waals surface area contributed by atoms with Crippen LogP contribution < -0.4 is 5.73 Å². The predicted octanol–water partition coefficient (Wildman–Crippen LogP) is 3.01. The molecule has 0 amide bonds. The second kappa shape index (κ2) is 4.44. The van der Waals surface area contributed by atoms with Crippen LogP contribution in [0.3, 0.4) is 0 Å². The summed E-state index contributed by atoms with van der Waals surface area (Å²) in [6, 6.07) is 5.92. The van der Waals surface area contributed by atoms with E-state index in [1.807, 2.05) is 18.2 Å². The Morgan fingerprint density at radius 2 is 2.28 bits per heavy atom. The fourth-order valence-electron chi connectivity index (χ4n) is 2.91. The molecule has 1 aliphatic carbocycles. The van der Waals surface area contributed by atoms with E-state index in [-0.39, 0.29) is 12.1 Å². The summed E-state index contributed by atoms with van der Waals surface area (Å²) in [5.74, 6) is 0.543. The van der Waals surface area contributed by atoms with Gasteiger partial charge in [0.1, 0.15) is 0 Å². The van der Waals surface area contributed by atoms with E-state index in [4.69, 9.17) is 22.1 Å². The third kappa shape index (κ3) is 1.76. The smallest absolute Gasteiger partial charge is 0.201 e.